The number of terminal acetylenes is 1. The Bertz CT molecular complexity index is 377. The molecule has 0 amide bonds. The Morgan fingerprint density at radius 2 is 2.00 bits per heavy atom. The molecular weight excluding hydrogens is 184 g/mol. The quantitative estimate of drug-likeness (QED) is 0.669. The molecule has 15 heavy (non-hydrogen) atoms. The lowest BCUT2D eigenvalue weighted by atomic mass is 9.84. The maximum atomic E-state index is 5.49. The van der Waals surface area contributed by atoms with Crippen LogP contribution in [0.3, 0.4) is 0 Å². The lowest BCUT2D eigenvalue weighted by Gasteiger charge is -2.23. The minimum atomic E-state index is 0.138. The van der Waals surface area contributed by atoms with Crippen LogP contribution in [0.5, 0.6) is 5.75 Å². The summed E-state index contributed by atoms with van der Waals surface area (Å²) >= 11 is 0. The molecule has 1 nitrogen and oxygen atoms in total. The van der Waals surface area contributed by atoms with Crippen LogP contribution < -0.4 is 4.74 Å². The monoisotopic (exact) mass is 202 g/mol. The molecule has 0 bridgehead atoms. The van der Waals surface area contributed by atoms with Crippen molar-refractivity contribution in [2.24, 2.45) is 0 Å². The molecule has 1 aromatic rings. The third kappa shape index (κ3) is 2.76. The fourth-order valence-corrected chi connectivity index (χ4v) is 1.70. The predicted molar refractivity (Wildman–Crippen MR) is 64.2 cm³/mol. The zero-order valence-corrected chi connectivity index (χ0v) is 9.92. The van der Waals surface area contributed by atoms with Crippen LogP contribution in [0.25, 0.3) is 0 Å². The maximum absolute atomic E-state index is 5.49. The van der Waals surface area contributed by atoms with E-state index >= 15 is 0 Å². The Morgan fingerprint density at radius 3 is 2.53 bits per heavy atom. The fraction of sp³-hybridized carbons (Fsp3) is 0.429. The Morgan fingerprint density at radius 1 is 1.33 bits per heavy atom. The molecular formula is C14H18O. The van der Waals surface area contributed by atoms with Crippen molar-refractivity contribution in [2.45, 2.75) is 33.1 Å². The molecule has 0 spiro atoms. The van der Waals surface area contributed by atoms with Crippen LogP contribution in [0, 0.1) is 19.3 Å². The van der Waals surface area contributed by atoms with Gasteiger partial charge in [-0.1, -0.05) is 38.8 Å². The van der Waals surface area contributed by atoms with E-state index in [1.165, 1.54) is 11.1 Å². The minimum Gasteiger partial charge on any atom is -0.481 e. The first kappa shape index (κ1) is 11.7. The zero-order chi connectivity index (χ0) is 11.5. The number of ether oxygens (including phenoxy) is 1. The molecule has 0 aliphatic carbocycles. The highest BCUT2D eigenvalue weighted by molar-refractivity contribution is 5.42. The molecule has 1 rings (SSSR count). The normalized spacial score (nSPS) is 10.9. The first-order valence-corrected chi connectivity index (χ1v) is 5.13. The van der Waals surface area contributed by atoms with Gasteiger partial charge in [0.1, 0.15) is 12.4 Å². The van der Waals surface area contributed by atoms with Crippen LogP contribution >= 0.6 is 0 Å². The molecule has 0 saturated heterocycles. The van der Waals surface area contributed by atoms with E-state index in [1.54, 1.807) is 0 Å². The van der Waals surface area contributed by atoms with Gasteiger partial charge in [0, 0.05) is 0 Å². The van der Waals surface area contributed by atoms with Crippen molar-refractivity contribution in [1.82, 2.24) is 0 Å². The third-order valence-electron chi connectivity index (χ3n) is 2.40. The minimum absolute atomic E-state index is 0.138. The molecule has 0 radical (unpaired) electrons. The second-order valence-electron chi connectivity index (χ2n) is 4.67. The second-order valence-corrected chi connectivity index (χ2v) is 4.67. The average Bonchev–Trinajstić information content (AvgIpc) is 2.14. The van der Waals surface area contributed by atoms with Gasteiger partial charge in [0.05, 0.1) is 0 Å². The summed E-state index contributed by atoms with van der Waals surface area (Å²) in [7, 11) is 0. The van der Waals surface area contributed by atoms with Gasteiger partial charge in [-0.2, -0.15) is 0 Å². The summed E-state index contributed by atoms with van der Waals surface area (Å²) < 4.78 is 5.49. The average molecular weight is 202 g/mol. The Kier molecular flexibility index (Phi) is 3.42. The summed E-state index contributed by atoms with van der Waals surface area (Å²) in [6.45, 7) is 8.99. The number of hydrogen-bond acceptors (Lipinski definition) is 1. The SMILES string of the molecule is C#CCOc1cccc(C(C)(C)C)c1C. The summed E-state index contributed by atoms with van der Waals surface area (Å²) in [5, 5.41) is 0. The first-order valence-electron chi connectivity index (χ1n) is 5.13. The summed E-state index contributed by atoms with van der Waals surface area (Å²) in [5.41, 5.74) is 2.62. The molecule has 1 heteroatoms. The molecule has 0 atom stereocenters. The standard InChI is InChI=1S/C14H18O/c1-6-10-15-13-9-7-8-12(11(13)2)14(3,4)5/h1,7-9H,10H2,2-5H3. The van der Waals surface area contributed by atoms with Crippen molar-refractivity contribution >= 4 is 0 Å². The van der Waals surface area contributed by atoms with E-state index < -0.39 is 0 Å². The molecule has 0 fully saturated rings. The summed E-state index contributed by atoms with van der Waals surface area (Å²) in [6, 6.07) is 6.11. The van der Waals surface area contributed by atoms with E-state index in [9.17, 15) is 0 Å². The van der Waals surface area contributed by atoms with Gasteiger partial charge in [-0.3, -0.25) is 0 Å². The molecule has 0 saturated carbocycles. The van der Waals surface area contributed by atoms with Gasteiger partial charge >= 0.3 is 0 Å². The predicted octanol–water partition coefficient (Wildman–Crippen LogP) is 3.30. The Labute approximate surface area is 92.5 Å². The highest BCUT2D eigenvalue weighted by Crippen LogP contribution is 2.30. The van der Waals surface area contributed by atoms with Crippen LogP contribution in [-0.4, -0.2) is 6.61 Å². The van der Waals surface area contributed by atoms with Crippen LogP contribution in [0.2, 0.25) is 0 Å². The second kappa shape index (κ2) is 4.40. The molecule has 0 aliphatic rings. The van der Waals surface area contributed by atoms with Gasteiger partial charge in [0.2, 0.25) is 0 Å². The molecule has 0 aromatic heterocycles. The Hall–Kier alpha value is -1.42. The molecule has 1 aromatic carbocycles. The highest BCUT2D eigenvalue weighted by atomic mass is 16.5. The lowest BCUT2D eigenvalue weighted by molar-refractivity contribution is 0.366. The number of hydrogen-bond donors (Lipinski definition) is 0. The van der Waals surface area contributed by atoms with Gasteiger partial charge in [-0.05, 0) is 29.5 Å². The van der Waals surface area contributed by atoms with E-state index in [0.29, 0.717) is 6.61 Å². The van der Waals surface area contributed by atoms with Gasteiger partial charge in [-0.15, -0.1) is 6.42 Å². The van der Waals surface area contributed by atoms with Gasteiger partial charge in [0.15, 0.2) is 0 Å². The first-order chi connectivity index (χ1) is 6.96. The maximum Gasteiger partial charge on any atom is 0.148 e. The molecule has 0 aliphatic heterocycles. The van der Waals surface area contributed by atoms with Crippen LogP contribution in [-0.2, 0) is 5.41 Å². The van der Waals surface area contributed by atoms with E-state index in [2.05, 4.69) is 39.7 Å². The third-order valence-corrected chi connectivity index (χ3v) is 2.40. The van der Waals surface area contributed by atoms with Crippen molar-refractivity contribution in [3.63, 3.8) is 0 Å². The van der Waals surface area contributed by atoms with Crippen LogP contribution in [0.4, 0.5) is 0 Å². The highest BCUT2D eigenvalue weighted by Gasteiger charge is 2.17. The van der Waals surface area contributed by atoms with Gasteiger partial charge in [-0.25, -0.2) is 0 Å². The summed E-state index contributed by atoms with van der Waals surface area (Å²) in [6.07, 6.45) is 5.18. The van der Waals surface area contributed by atoms with Crippen molar-refractivity contribution < 1.29 is 4.74 Å². The van der Waals surface area contributed by atoms with Crippen molar-refractivity contribution in [3.05, 3.63) is 29.3 Å². The zero-order valence-electron chi connectivity index (χ0n) is 9.92. The van der Waals surface area contributed by atoms with Crippen LogP contribution in [0.1, 0.15) is 31.9 Å². The van der Waals surface area contributed by atoms with E-state index in [4.69, 9.17) is 11.2 Å². The molecule has 0 heterocycles. The summed E-state index contributed by atoms with van der Waals surface area (Å²) in [5.74, 6) is 3.37. The van der Waals surface area contributed by atoms with E-state index in [1.807, 2.05) is 12.1 Å². The molecule has 0 unspecified atom stereocenters. The number of benzene rings is 1. The molecule has 0 N–H and O–H groups in total. The molecule has 80 valence electrons. The topological polar surface area (TPSA) is 9.23 Å². The van der Waals surface area contributed by atoms with Gasteiger partial charge < -0.3 is 4.74 Å². The van der Waals surface area contributed by atoms with Gasteiger partial charge in [0.25, 0.3) is 0 Å². The van der Waals surface area contributed by atoms with Crippen molar-refractivity contribution in [2.75, 3.05) is 6.61 Å². The largest absolute Gasteiger partial charge is 0.481 e. The number of rotatable bonds is 2. The smallest absolute Gasteiger partial charge is 0.148 e. The summed E-state index contributed by atoms with van der Waals surface area (Å²) in [4.78, 5) is 0. The Balaban J connectivity index is 3.07. The van der Waals surface area contributed by atoms with Crippen molar-refractivity contribution in [3.8, 4) is 18.1 Å². The van der Waals surface area contributed by atoms with Crippen LogP contribution in [0.15, 0.2) is 18.2 Å². The van der Waals surface area contributed by atoms with E-state index in [-0.39, 0.29) is 5.41 Å². The lowest BCUT2D eigenvalue weighted by Crippen LogP contribution is -2.13. The van der Waals surface area contributed by atoms with Crippen molar-refractivity contribution in [1.29, 1.82) is 0 Å². The fourth-order valence-electron chi connectivity index (χ4n) is 1.70. The van der Waals surface area contributed by atoms with E-state index in [0.717, 1.165) is 5.75 Å².